The molecule has 4 nitrogen and oxygen atoms in total. The summed E-state index contributed by atoms with van der Waals surface area (Å²) in [5.74, 6) is 0. The fourth-order valence-corrected chi connectivity index (χ4v) is 1.65. The van der Waals surface area contributed by atoms with Crippen LogP contribution in [0, 0.1) is 0 Å². The summed E-state index contributed by atoms with van der Waals surface area (Å²) in [6.45, 7) is 0.147. The van der Waals surface area contributed by atoms with Crippen molar-refractivity contribution in [3.8, 4) is 0 Å². The van der Waals surface area contributed by atoms with Crippen molar-refractivity contribution in [1.82, 2.24) is 0 Å². The van der Waals surface area contributed by atoms with Gasteiger partial charge in [-0.05, 0) is 19.3 Å². The van der Waals surface area contributed by atoms with Crippen LogP contribution in [0.3, 0.4) is 0 Å². The second kappa shape index (κ2) is 6.71. The van der Waals surface area contributed by atoms with Gasteiger partial charge in [-0.2, -0.15) is 0 Å². The molecule has 1 atom stereocenters. The number of carbonyl (C=O) groups excluding carboxylic acids is 1. The molecule has 0 aromatic heterocycles. The van der Waals surface area contributed by atoms with E-state index in [0.29, 0.717) is 12.8 Å². The predicted molar refractivity (Wildman–Crippen MR) is 55.5 cm³/mol. The lowest BCUT2D eigenvalue weighted by Crippen LogP contribution is -2.08. The highest BCUT2D eigenvalue weighted by Gasteiger charge is 2.18. The smallest absolute Gasteiger partial charge is 0.403 e. The van der Waals surface area contributed by atoms with Crippen molar-refractivity contribution >= 4 is 48.4 Å². The maximum absolute atomic E-state index is 10.6. The standard InChI is InChI=1S/C6H9Cl3O4S/c7-5(14(9,11)12)3-1-2-4-13-6(8)10/h5H,1-4H2. The van der Waals surface area contributed by atoms with Crippen LogP contribution in [0.1, 0.15) is 19.3 Å². The van der Waals surface area contributed by atoms with Crippen LogP contribution in [0.25, 0.3) is 0 Å². The van der Waals surface area contributed by atoms with E-state index in [1.54, 1.807) is 0 Å². The molecule has 0 saturated carbocycles. The van der Waals surface area contributed by atoms with Gasteiger partial charge in [0.15, 0.2) is 0 Å². The second-order valence-electron chi connectivity index (χ2n) is 2.47. The minimum atomic E-state index is -3.70. The molecule has 0 radical (unpaired) electrons. The molecule has 0 amide bonds. The summed E-state index contributed by atoms with van der Waals surface area (Å²) in [5, 5.41) is 0. The summed E-state index contributed by atoms with van der Waals surface area (Å²) in [5.41, 5.74) is -0.877. The van der Waals surface area contributed by atoms with E-state index in [4.69, 9.17) is 33.9 Å². The van der Waals surface area contributed by atoms with Crippen molar-refractivity contribution in [2.45, 2.75) is 24.0 Å². The Bertz CT molecular complexity index is 277. The molecule has 0 rings (SSSR count). The largest absolute Gasteiger partial charge is 0.454 e. The van der Waals surface area contributed by atoms with Gasteiger partial charge in [-0.25, -0.2) is 13.2 Å². The van der Waals surface area contributed by atoms with Crippen molar-refractivity contribution in [1.29, 1.82) is 0 Å². The van der Waals surface area contributed by atoms with Gasteiger partial charge in [-0.1, -0.05) is 0 Å². The number of unbranched alkanes of at least 4 members (excludes halogenated alkanes) is 1. The number of hydrogen-bond donors (Lipinski definition) is 0. The second-order valence-corrected chi connectivity index (χ2v) is 6.37. The molecule has 0 saturated heterocycles. The molecule has 0 bridgehead atoms. The van der Waals surface area contributed by atoms with Crippen LogP contribution in [0.2, 0.25) is 0 Å². The van der Waals surface area contributed by atoms with Gasteiger partial charge in [-0.3, -0.25) is 0 Å². The predicted octanol–water partition coefficient (Wildman–Crippen LogP) is 2.67. The molecular weight excluding hydrogens is 274 g/mol. The van der Waals surface area contributed by atoms with Crippen molar-refractivity contribution in [2.24, 2.45) is 0 Å². The highest BCUT2D eigenvalue weighted by Crippen LogP contribution is 2.17. The first-order valence-corrected chi connectivity index (χ1v) is 6.92. The first kappa shape index (κ1) is 14.3. The van der Waals surface area contributed by atoms with Gasteiger partial charge in [0.1, 0.15) is 4.71 Å². The SMILES string of the molecule is O=C(Cl)OCCCCC(Cl)S(=O)(=O)Cl. The molecule has 0 aromatic rings. The Morgan fingerprint density at radius 2 is 1.93 bits per heavy atom. The monoisotopic (exact) mass is 282 g/mol. The van der Waals surface area contributed by atoms with E-state index in [0.717, 1.165) is 0 Å². The van der Waals surface area contributed by atoms with E-state index in [1.807, 2.05) is 0 Å². The third kappa shape index (κ3) is 7.67. The summed E-state index contributed by atoms with van der Waals surface area (Å²) in [6.07, 6.45) is 1.20. The summed E-state index contributed by atoms with van der Waals surface area (Å²) in [7, 11) is 1.28. The van der Waals surface area contributed by atoms with Crippen molar-refractivity contribution in [3.05, 3.63) is 0 Å². The molecule has 0 aliphatic rings. The van der Waals surface area contributed by atoms with E-state index in [1.165, 1.54) is 0 Å². The van der Waals surface area contributed by atoms with Crippen molar-refractivity contribution in [3.63, 3.8) is 0 Å². The Balaban J connectivity index is 3.51. The van der Waals surface area contributed by atoms with Gasteiger partial charge in [0.25, 0.3) is 0 Å². The van der Waals surface area contributed by atoms with E-state index >= 15 is 0 Å². The van der Waals surface area contributed by atoms with Crippen molar-refractivity contribution < 1.29 is 17.9 Å². The minimum Gasteiger partial charge on any atom is -0.454 e. The summed E-state index contributed by atoms with van der Waals surface area (Å²) < 4.78 is 24.6. The molecule has 14 heavy (non-hydrogen) atoms. The van der Waals surface area contributed by atoms with Gasteiger partial charge >= 0.3 is 5.43 Å². The Labute approximate surface area is 96.9 Å². The van der Waals surface area contributed by atoms with E-state index in [2.05, 4.69) is 4.74 Å². The van der Waals surface area contributed by atoms with E-state index < -0.39 is 19.2 Å². The quantitative estimate of drug-likeness (QED) is 0.427. The van der Waals surface area contributed by atoms with Crippen LogP contribution in [0.4, 0.5) is 4.79 Å². The number of halogens is 3. The van der Waals surface area contributed by atoms with E-state index in [-0.39, 0.29) is 13.0 Å². The lowest BCUT2D eigenvalue weighted by molar-refractivity contribution is 0.171. The Hall–Kier alpha value is 0.290. The van der Waals surface area contributed by atoms with Crippen LogP contribution in [-0.4, -0.2) is 25.2 Å². The van der Waals surface area contributed by atoms with Gasteiger partial charge in [0, 0.05) is 22.3 Å². The first-order chi connectivity index (χ1) is 6.34. The van der Waals surface area contributed by atoms with Crippen LogP contribution in [0.5, 0.6) is 0 Å². The molecule has 0 fully saturated rings. The number of carbonyl (C=O) groups is 1. The maximum atomic E-state index is 10.6. The molecule has 0 aliphatic heterocycles. The van der Waals surface area contributed by atoms with E-state index in [9.17, 15) is 13.2 Å². The van der Waals surface area contributed by atoms with Gasteiger partial charge < -0.3 is 4.74 Å². The number of hydrogen-bond acceptors (Lipinski definition) is 4. The Kier molecular flexibility index (Phi) is 6.85. The highest BCUT2D eigenvalue weighted by atomic mass is 35.7. The number of ether oxygens (including phenoxy) is 1. The third-order valence-corrected chi connectivity index (χ3v) is 4.14. The van der Waals surface area contributed by atoms with Crippen LogP contribution >= 0.6 is 33.9 Å². The molecular formula is C6H9Cl3O4S. The molecule has 1 unspecified atom stereocenters. The Morgan fingerprint density at radius 1 is 1.36 bits per heavy atom. The topological polar surface area (TPSA) is 60.4 Å². The average Bonchev–Trinajstić information content (AvgIpc) is 2.01. The minimum absolute atomic E-state index is 0.147. The lowest BCUT2D eigenvalue weighted by atomic mass is 10.3. The zero-order valence-corrected chi connectivity index (χ0v) is 10.2. The summed E-state index contributed by atoms with van der Waals surface area (Å²) >= 11 is 10.3. The average molecular weight is 284 g/mol. The van der Waals surface area contributed by atoms with Crippen LogP contribution < -0.4 is 0 Å². The molecule has 0 spiro atoms. The fraction of sp³-hybridized carbons (Fsp3) is 0.833. The van der Waals surface area contributed by atoms with Gasteiger partial charge in [0.05, 0.1) is 6.61 Å². The Morgan fingerprint density at radius 3 is 2.36 bits per heavy atom. The molecule has 84 valence electrons. The molecule has 0 aromatic carbocycles. The normalized spacial score (nSPS) is 13.6. The zero-order chi connectivity index (χ0) is 11.2. The van der Waals surface area contributed by atoms with Crippen LogP contribution in [-0.2, 0) is 13.8 Å². The molecule has 0 N–H and O–H groups in total. The third-order valence-electron chi connectivity index (χ3n) is 1.35. The fourth-order valence-electron chi connectivity index (χ4n) is 0.700. The summed E-state index contributed by atoms with van der Waals surface area (Å²) in [6, 6.07) is 0. The molecule has 0 aliphatic carbocycles. The zero-order valence-electron chi connectivity index (χ0n) is 7.08. The highest BCUT2D eigenvalue weighted by molar-refractivity contribution is 8.15. The number of alkyl halides is 1. The summed E-state index contributed by atoms with van der Waals surface area (Å²) in [4.78, 5) is 10.1. The first-order valence-electron chi connectivity index (χ1n) is 3.74. The number of rotatable bonds is 6. The lowest BCUT2D eigenvalue weighted by Gasteiger charge is -2.04. The maximum Gasteiger partial charge on any atom is 0.403 e. The molecule has 0 heterocycles. The van der Waals surface area contributed by atoms with Crippen LogP contribution in [0.15, 0.2) is 0 Å². The molecule has 8 heteroatoms. The van der Waals surface area contributed by atoms with Gasteiger partial charge in [0.2, 0.25) is 9.05 Å². The van der Waals surface area contributed by atoms with Gasteiger partial charge in [-0.15, -0.1) is 11.6 Å². The van der Waals surface area contributed by atoms with Crippen molar-refractivity contribution in [2.75, 3.05) is 6.61 Å².